The average Bonchev–Trinajstić information content (AvgIpc) is 2.85. The third-order valence-corrected chi connectivity index (χ3v) is 5.61. The maximum absolute atomic E-state index is 13.8. The molecule has 0 fully saturated rings. The van der Waals surface area contributed by atoms with E-state index in [9.17, 15) is 22.0 Å². The van der Waals surface area contributed by atoms with Crippen LogP contribution in [0.2, 0.25) is 0 Å². The molecule has 0 aliphatic heterocycles. The third-order valence-electron chi connectivity index (χ3n) is 2.52. The van der Waals surface area contributed by atoms with E-state index >= 15 is 0 Å². The number of hydrogen-bond acceptors (Lipinski definition) is 7. The lowest BCUT2D eigenvalue weighted by molar-refractivity contribution is 0.0594. The van der Waals surface area contributed by atoms with Crippen molar-refractivity contribution in [3.8, 4) is 11.6 Å². The van der Waals surface area contributed by atoms with Gasteiger partial charge in [-0.15, -0.1) is 0 Å². The molecule has 11 heteroatoms. The van der Waals surface area contributed by atoms with Gasteiger partial charge in [0.05, 0.1) is 7.11 Å². The van der Waals surface area contributed by atoms with Gasteiger partial charge in [-0.25, -0.2) is 22.0 Å². The summed E-state index contributed by atoms with van der Waals surface area (Å²) in [5.74, 6) is -4.53. The number of carbonyl (C=O) groups excluding carboxylic acids is 1. The minimum atomic E-state index is -3.81. The monoisotopic (exact) mass is 427 g/mol. The number of carbonyl (C=O) groups is 1. The highest BCUT2D eigenvalue weighted by molar-refractivity contribution is 9.10. The second-order valence-electron chi connectivity index (χ2n) is 4.21. The van der Waals surface area contributed by atoms with Crippen molar-refractivity contribution in [2.24, 2.45) is 0 Å². The topological polar surface area (TPSA) is 82.6 Å². The molecule has 2 aromatic rings. The number of aromatic nitrogens is 1. The normalized spacial score (nSPS) is 11.3. The second kappa shape index (κ2) is 6.49. The van der Waals surface area contributed by atoms with Crippen molar-refractivity contribution in [3.05, 3.63) is 33.8 Å². The smallest absolute Gasteiger partial charge is 0.345 e. The molecule has 2 rings (SSSR count). The number of ether oxygens (including phenoxy) is 2. The van der Waals surface area contributed by atoms with Crippen LogP contribution < -0.4 is 4.74 Å². The van der Waals surface area contributed by atoms with Crippen molar-refractivity contribution in [2.45, 2.75) is 4.21 Å². The number of hydrogen-bond donors (Lipinski definition) is 0. The minimum absolute atomic E-state index is 0.142. The highest BCUT2D eigenvalue weighted by Gasteiger charge is 2.30. The van der Waals surface area contributed by atoms with E-state index in [1.807, 2.05) is 0 Å². The molecule has 23 heavy (non-hydrogen) atoms. The number of methoxy groups -OCH3 is 1. The fourth-order valence-electron chi connectivity index (χ4n) is 1.58. The fourth-order valence-corrected chi connectivity index (χ4v) is 3.73. The molecule has 0 unspecified atom stereocenters. The zero-order valence-electron chi connectivity index (χ0n) is 11.6. The Bertz CT molecular complexity index is 859. The first kappa shape index (κ1) is 17.8. The predicted octanol–water partition coefficient (Wildman–Crippen LogP) is 3.17. The van der Waals surface area contributed by atoms with Crippen LogP contribution >= 0.6 is 27.5 Å². The predicted molar refractivity (Wildman–Crippen MR) is 80.7 cm³/mol. The molecule has 1 aromatic heterocycles. The second-order valence-corrected chi connectivity index (χ2v) is 8.11. The number of halogens is 3. The average molecular weight is 428 g/mol. The standard InChI is InChI=1S/C12H8BrF2NO5S2/c1-20-11(17)8-10(16-22-12(8)23(2,18)19)21-9-6(14)3-5(13)4-7(9)15/h3-4H,1-2H3. The first-order valence-electron chi connectivity index (χ1n) is 5.75. The molecule has 0 amide bonds. The Balaban J connectivity index is 2.58. The molecule has 0 atom stereocenters. The van der Waals surface area contributed by atoms with E-state index < -0.39 is 48.8 Å². The van der Waals surface area contributed by atoms with Gasteiger partial charge >= 0.3 is 5.97 Å². The molecule has 1 heterocycles. The van der Waals surface area contributed by atoms with Crippen LogP contribution in [0.25, 0.3) is 0 Å². The fraction of sp³-hybridized carbons (Fsp3) is 0.167. The molecular weight excluding hydrogens is 420 g/mol. The first-order chi connectivity index (χ1) is 10.6. The van der Waals surface area contributed by atoms with Crippen LogP contribution in [0.1, 0.15) is 10.4 Å². The Morgan fingerprint density at radius 3 is 2.35 bits per heavy atom. The number of rotatable bonds is 4. The summed E-state index contributed by atoms with van der Waals surface area (Å²) in [5.41, 5.74) is -0.512. The van der Waals surface area contributed by atoms with E-state index in [0.717, 1.165) is 25.5 Å². The number of sulfone groups is 1. The SMILES string of the molecule is COC(=O)c1c(Oc2c(F)cc(Br)cc2F)nsc1S(C)(=O)=O. The summed E-state index contributed by atoms with van der Waals surface area (Å²) in [6, 6.07) is 1.89. The number of nitrogens with zero attached hydrogens (tertiary/aromatic N) is 1. The van der Waals surface area contributed by atoms with E-state index in [-0.39, 0.29) is 4.47 Å². The highest BCUT2D eigenvalue weighted by Crippen LogP contribution is 2.36. The zero-order valence-corrected chi connectivity index (χ0v) is 14.8. The summed E-state index contributed by atoms with van der Waals surface area (Å²) in [6.07, 6.45) is 0.859. The van der Waals surface area contributed by atoms with Gasteiger partial charge in [0, 0.05) is 10.7 Å². The molecule has 0 aliphatic rings. The molecule has 0 radical (unpaired) electrons. The van der Waals surface area contributed by atoms with Gasteiger partial charge in [0.25, 0.3) is 0 Å². The summed E-state index contributed by atoms with van der Waals surface area (Å²) < 4.78 is 63.8. The molecule has 0 aliphatic carbocycles. The lowest BCUT2D eigenvalue weighted by Gasteiger charge is -2.08. The summed E-state index contributed by atoms with van der Waals surface area (Å²) in [6.45, 7) is 0. The Morgan fingerprint density at radius 1 is 1.30 bits per heavy atom. The minimum Gasteiger partial charge on any atom is -0.465 e. The Labute approximate surface area is 142 Å². The molecule has 0 spiro atoms. The molecular formula is C12H8BrF2NO5S2. The number of benzene rings is 1. The maximum atomic E-state index is 13.8. The van der Waals surface area contributed by atoms with Crippen LogP contribution in [0, 0.1) is 11.6 Å². The van der Waals surface area contributed by atoms with Gasteiger partial charge in [-0.1, -0.05) is 15.9 Å². The maximum Gasteiger partial charge on any atom is 0.345 e. The van der Waals surface area contributed by atoms with Gasteiger partial charge in [-0.3, -0.25) is 0 Å². The van der Waals surface area contributed by atoms with Gasteiger partial charge in [0.2, 0.25) is 11.6 Å². The van der Waals surface area contributed by atoms with Crippen LogP contribution in [-0.2, 0) is 14.6 Å². The molecule has 124 valence electrons. The first-order valence-corrected chi connectivity index (χ1v) is 9.21. The van der Waals surface area contributed by atoms with Crippen LogP contribution in [0.4, 0.5) is 8.78 Å². The van der Waals surface area contributed by atoms with Crippen molar-refractivity contribution in [1.29, 1.82) is 0 Å². The highest BCUT2D eigenvalue weighted by atomic mass is 79.9. The molecule has 0 saturated carbocycles. The van der Waals surface area contributed by atoms with Crippen molar-refractivity contribution in [2.75, 3.05) is 13.4 Å². The summed E-state index contributed by atoms with van der Waals surface area (Å²) >= 11 is 3.35. The Hall–Kier alpha value is -1.59. The van der Waals surface area contributed by atoms with Crippen molar-refractivity contribution in [3.63, 3.8) is 0 Å². The lowest BCUT2D eigenvalue weighted by Crippen LogP contribution is -2.08. The summed E-state index contributed by atoms with van der Waals surface area (Å²) in [7, 11) is -2.78. The third kappa shape index (κ3) is 3.67. The molecule has 1 aromatic carbocycles. The van der Waals surface area contributed by atoms with Gasteiger partial charge in [-0.2, -0.15) is 4.37 Å². The molecule has 0 N–H and O–H groups in total. The Morgan fingerprint density at radius 2 is 1.87 bits per heavy atom. The summed E-state index contributed by atoms with van der Waals surface area (Å²) in [4.78, 5) is 11.8. The van der Waals surface area contributed by atoms with Gasteiger partial charge in [0.1, 0.15) is 0 Å². The Kier molecular flexibility index (Phi) is 5.01. The van der Waals surface area contributed by atoms with E-state index in [1.54, 1.807) is 0 Å². The number of esters is 1. The van der Waals surface area contributed by atoms with Crippen LogP contribution in [0.3, 0.4) is 0 Å². The van der Waals surface area contributed by atoms with Crippen LogP contribution in [0.15, 0.2) is 20.8 Å². The van der Waals surface area contributed by atoms with E-state index in [4.69, 9.17) is 4.74 Å². The largest absolute Gasteiger partial charge is 0.465 e. The van der Waals surface area contributed by atoms with Gasteiger partial charge in [-0.05, 0) is 23.7 Å². The van der Waals surface area contributed by atoms with E-state index in [0.29, 0.717) is 11.5 Å². The van der Waals surface area contributed by atoms with Crippen LogP contribution in [0.5, 0.6) is 11.6 Å². The zero-order chi connectivity index (χ0) is 17.4. The van der Waals surface area contributed by atoms with Crippen molar-refractivity contribution < 1.29 is 31.5 Å². The van der Waals surface area contributed by atoms with Crippen molar-refractivity contribution in [1.82, 2.24) is 4.37 Å². The molecule has 0 saturated heterocycles. The van der Waals surface area contributed by atoms with Gasteiger partial charge < -0.3 is 9.47 Å². The van der Waals surface area contributed by atoms with Crippen molar-refractivity contribution >= 4 is 43.3 Å². The van der Waals surface area contributed by atoms with E-state index in [2.05, 4.69) is 25.0 Å². The molecule has 0 bridgehead atoms. The summed E-state index contributed by atoms with van der Waals surface area (Å²) in [5, 5.41) is 0. The quantitative estimate of drug-likeness (QED) is 0.696. The lowest BCUT2D eigenvalue weighted by atomic mass is 10.3. The van der Waals surface area contributed by atoms with Crippen LogP contribution in [-0.4, -0.2) is 32.1 Å². The van der Waals surface area contributed by atoms with E-state index in [1.165, 1.54) is 0 Å². The van der Waals surface area contributed by atoms with Gasteiger partial charge in [0.15, 0.2) is 31.2 Å². The molecule has 6 nitrogen and oxygen atoms in total.